The topological polar surface area (TPSA) is 54.1 Å². The largest absolute Gasteiger partial charge is 0.376 e. The molecule has 2 heterocycles. The van der Waals surface area contributed by atoms with Crippen LogP contribution in [0.3, 0.4) is 0 Å². The number of imidazole rings is 1. The van der Waals surface area contributed by atoms with Crippen molar-refractivity contribution in [1.82, 2.24) is 14.5 Å². The van der Waals surface area contributed by atoms with Gasteiger partial charge in [-0.15, -0.1) is 0 Å². The van der Waals surface area contributed by atoms with Gasteiger partial charge in [-0.25, -0.2) is 4.98 Å². The summed E-state index contributed by atoms with van der Waals surface area (Å²) in [4.78, 5) is 6.33. The number of ether oxygens (including phenoxy) is 1. The summed E-state index contributed by atoms with van der Waals surface area (Å²) in [6.07, 6.45) is 3.83. The molecule has 1 saturated heterocycles. The molecule has 0 saturated carbocycles. The average Bonchev–Trinajstić information content (AvgIpc) is 2.74. The minimum atomic E-state index is 0.312. The quantitative estimate of drug-likeness (QED) is 0.743. The number of nitriles is 1. The molecule has 2 rings (SSSR count). The van der Waals surface area contributed by atoms with Crippen LogP contribution in [0.5, 0.6) is 0 Å². The van der Waals surface area contributed by atoms with Gasteiger partial charge < -0.3 is 9.30 Å². The molecular formula is C11H16N4O. The summed E-state index contributed by atoms with van der Waals surface area (Å²) in [6, 6.07) is 2.08. The molecule has 1 aliphatic rings. The van der Waals surface area contributed by atoms with E-state index >= 15 is 0 Å². The molecule has 0 aliphatic carbocycles. The van der Waals surface area contributed by atoms with E-state index < -0.39 is 0 Å². The van der Waals surface area contributed by atoms with Crippen LogP contribution in [0, 0.1) is 11.3 Å². The highest BCUT2D eigenvalue weighted by Crippen LogP contribution is 2.05. The van der Waals surface area contributed by atoms with Gasteiger partial charge in [0.15, 0.2) is 0 Å². The lowest BCUT2D eigenvalue weighted by Gasteiger charge is -2.31. The third-order valence-corrected chi connectivity index (χ3v) is 2.80. The molecule has 0 bridgehead atoms. The number of nitrogens with zero attached hydrogens (tertiary/aromatic N) is 4. The molecular weight excluding hydrogens is 204 g/mol. The van der Waals surface area contributed by atoms with Crippen LogP contribution in [0.25, 0.3) is 0 Å². The number of rotatable bonds is 3. The molecule has 0 radical (unpaired) electrons. The molecule has 1 aromatic rings. The fraction of sp³-hybridized carbons (Fsp3) is 0.636. The summed E-state index contributed by atoms with van der Waals surface area (Å²) in [5, 5.41) is 8.82. The van der Waals surface area contributed by atoms with Crippen molar-refractivity contribution < 1.29 is 4.74 Å². The Morgan fingerprint density at radius 1 is 1.62 bits per heavy atom. The smallest absolute Gasteiger partial charge is 0.212 e. The maximum atomic E-state index is 8.82. The second-order valence-corrected chi connectivity index (χ2v) is 4.04. The van der Waals surface area contributed by atoms with Crippen LogP contribution in [-0.4, -0.2) is 46.8 Å². The second kappa shape index (κ2) is 5.10. The van der Waals surface area contributed by atoms with E-state index in [2.05, 4.69) is 22.9 Å². The Balaban J connectivity index is 1.85. The summed E-state index contributed by atoms with van der Waals surface area (Å²) in [5.41, 5.74) is 0. The SMILES string of the molecule is CC1CN(CCn2ccnc2C#N)CCO1. The van der Waals surface area contributed by atoms with E-state index in [4.69, 9.17) is 10.00 Å². The third kappa shape index (κ3) is 2.60. The number of hydrogen-bond acceptors (Lipinski definition) is 4. The molecule has 1 aliphatic heterocycles. The van der Waals surface area contributed by atoms with Gasteiger partial charge in [-0.1, -0.05) is 0 Å². The van der Waals surface area contributed by atoms with E-state index in [-0.39, 0.29) is 0 Å². The number of aromatic nitrogens is 2. The van der Waals surface area contributed by atoms with E-state index in [0.29, 0.717) is 11.9 Å². The first kappa shape index (κ1) is 11.1. The molecule has 1 aromatic heterocycles. The molecule has 0 aromatic carbocycles. The summed E-state index contributed by atoms with van der Waals surface area (Å²) >= 11 is 0. The van der Waals surface area contributed by atoms with Gasteiger partial charge in [-0.2, -0.15) is 5.26 Å². The Kier molecular flexibility index (Phi) is 3.54. The minimum absolute atomic E-state index is 0.312. The van der Waals surface area contributed by atoms with Gasteiger partial charge in [0.25, 0.3) is 0 Å². The zero-order valence-electron chi connectivity index (χ0n) is 9.46. The van der Waals surface area contributed by atoms with Crippen molar-refractivity contribution in [3.63, 3.8) is 0 Å². The molecule has 0 amide bonds. The van der Waals surface area contributed by atoms with Gasteiger partial charge in [-0.05, 0) is 6.92 Å². The van der Waals surface area contributed by atoms with E-state index in [1.807, 2.05) is 10.8 Å². The van der Waals surface area contributed by atoms with Gasteiger partial charge in [0.1, 0.15) is 6.07 Å². The lowest BCUT2D eigenvalue weighted by Crippen LogP contribution is -2.42. The van der Waals surface area contributed by atoms with Gasteiger partial charge >= 0.3 is 0 Å². The van der Waals surface area contributed by atoms with Crippen molar-refractivity contribution in [2.24, 2.45) is 0 Å². The van der Waals surface area contributed by atoms with Crippen molar-refractivity contribution in [2.45, 2.75) is 19.6 Å². The summed E-state index contributed by atoms with van der Waals surface area (Å²) in [6.45, 7) is 6.59. The van der Waals surface area contributed by atoms with Crippen molar-refractivity contribution >= 4 is 0 Å². The summed E-state index contributed by atoms with van der Waals surface area (Å²) < 4.78 is 7.37. The van der Waals surface area contributed by atoms with E-state index in [9.17, 15) is 0 Å². The lowest BCUT2D eigenvalue weighted by molar-refractivity contribution is -0.0191. The van der Waals surface area contributed by atoms with Crippen LogP contribution in [0.15, 0.2) is 12.4 Å². The molecule has 1 unspecified atom stereocenters. The van der Waals surface area contributed by atoms with Gasteiger partial charge in [0.2, 0.25) is 5.82 Å². The predicted octanol–water partition coefficient (Wildman–Crippen LogP) is 0.475. The average molecular weight is 220 g/mol. The zero-order valence-corrected chi connectivity index (χ0v) is 9.46. The second-order valence-electron chi connectivity index (χ2n) is 4.04. The molecule has 86 valence electrons. The summed E-state index contributed by atoms with van der Waals surface area (Å²) in [7, 11) is 0. The van der Waals surface area contributed by atoms with Gasteiger partial charge in [0, 0.05) is 38.6 Å². The lowest BCUT2D eigenvalue weighted by atomic mass is 10.3. The Bertz CT molecular complexity index is 382. The molecule has 5 heteroatoms. The Morgan fingerprint density at radius 3 is 3.25 bits per heavy atom. The van der Waals surface area contributed by atoms with E-state index in [1.54, 1.807) is 6.20 Å². The highest BCUT2D eigenvalue weighted by atomic mass is 16.5. The first-order valence-electron chi connectivity index (χ1n) is 5.55. The highest BCUT2D eigenvalue weighted by molar-refractivity contribution is 5.10. The molecule has 16 heavy (non-hydrogen) atoms. The van der Waals surface area contributed by atoms with Crippen molar-refractivity contribution in [2.75, 3.05) is 26.2 Å². The van der Waals surface area contributed by atoms with Crippen LogP contribution in [0.2, 0.25) is 0 Å². The molecule has 0 spiro atoms. The number of hydrogen-bond donors (Lipinski definition) is 0. The minimum Gasteiger partial charge on any atom is -0.376 e. The molecule has 1 fully saturated rings. The fourth-order valence-corrected chi connectivity index (χ4v) is 1.95. The Hall–Kier alpha value is -1.38. The third-order valence-electron chi connectivity index (χ3n) is 2.80. The maximum absolute atomic E-state index is 8.82. The Labute approximate surface area is 95.2 Å². The van der Waals surface area contributed by atoms with E-state index in [1.165, 1.54) is 0 Å². The van der Waals surface area contributed by atoms with Gasteiger partial charge in [-0.3, -0.25) is 4.90 Å². The number of morpholine rings is 1. The van der Waals surface area contributed by atoms with Crippen LogP contribution in [-0.2, 0) is 11.3 Å². The molecule has 1 atom stereocenters. The first-order valence-corrected chi connectivity index (χ1v) is 5.55. The van der Waals surface area contributed by atoms with E-state index in [0.717, 1.165) is 32.8 Å². The monoisotopic (exact) mass is 220 g/mol. The first-order chi connectivity index (χ1) is 7.79. The van der Waals surface area contributed by atoms with Gasteiger partial charge in [0.05, 0.1) is 12.7 Å². The highest BCUT2D eigenvalue weighted by Gasteiger charge is 2.16. The molecule has 5 nitrogen and oxygen atoms in total. The maximum Gasteiger partial charge on any atom is 0.212 e. The predicted molar refractivity (Wildman–Crippen MR) is 58.8 cm³/mol. The van der Waals surface area contributed by atoms with Crippen molar-refractivity contribution in [3.05, 3.63) is 18.2 Å². The van der Waals surface area contributed by atoms with Crippen LogP contribution in [0.1, 0.15) is 12.7 Å². The van der Waals surface area contributed by atoms with Crippen molar-refractivity contribution in [3.8, 4) is 6.07 Å². The van der Waals surface area contributed by atoms with Crippen LogP contribution in [0.4, 0.5) is 0 Å². The van der Waals surface area contributed by atoms with Crippen molar-refractivity contribution in [1.29, 1.82) is 5.26 Å². The fourth-order valence-electron chi connectivity index (χ4n) is 1.95. The normalized spacial score (nSPS) is 21.9. The van der Waals surface area contributed by atoms with Crippen LogP contribution >= 0.6 is 0 Å². The summed E-state index contributed by atoms with van der Waals surface area (Å²) in [5.74, 6) is 0.487. The van der Waals surface area contributed by atoms with Crippen LogP contribution < -0.4 is 0 Å². The zero-order chi connectivity index (χ0) is 11.4. The Morgan fingerprint density at radius 2 is 2.50 bits per heavy atom. The molecule has 0 N–H and O–H groups in total. The standard InChI is InChI=1S/C11H16N4O/c1-10-9-14(6-7-16-10)4-5-15-3-2-13-11(15)8-12/h2-3,10H,4-7,9H2,1H3.